The second kappa shape index (κ2) is 5.54. The Kier molecular flexibility index (Phi) is 3.46. The largest absolute Gasteiger partial charge is 0.356 e. The van der Waals surface area contributed by atoms with Crippen LogP contribution in [-0.2, 0) is 14.4 Å². The van der Waals surface area contributed by atoms with Crippen molar-refractivity contribution < 1.29 is 19.2 Å². The number of carbonyl (C=O) groups excluding carboxylic acids is 4. The third-order valence-corrected chi connectivity index (χ3v) is 7.32. The van der Waals surface area contributed by atoms with E-state index < -0.39 is 23.4 Å². The predicted molar refractivity (Wildman–Crippen MR) is 90.6 cm³/mol. The number of hydrogen-bond acceptors (Lipinski definition) is 4. The number of urea groups is 1. The third kappa shape index (κ3) is 2.32. The molecule has 2 saturated heterocycles. The Morgan fingerprint density at radius 1 is 0.923 bits per heavy atom. The van der Waals surface area contributed by atoms with E-state index >= 15 is 0 Å². The maximum atomic E-state index is 13.1. The van der Waals surface area contributed by atoms with Gasteiger partial charge in [0.05, 0.1) is 5.54 Å². The van der Waals surface area contributed by atoms with Crippen LogP contribution in [0.2, 0.25) is 0 Å². The highest BCUT2D eigenvalue weighted by Gasteiger charge is 2.61. The van der Waals surface area contributed by atoms with Gasteiger partial charge in [0.1, 0.15) is 0 Å². The lowest BCUT2D eigenvalue weighted by molar-refractivity contribution is -0.150. The number of rotatable bonds is 3. The maximum absolute atomic E-state index is 13.1. The van der Waals surface area contributed by atoms with E-state index in [4.69, 9.17) is 0 Å². The standard InChI is InChI=1S/C19H25N3O4/c23-15-6-11(1-2-20-15)10-21-16(24)17(25)22(18(21)26)19-7-12-3-13(8-19)5-14(4-12)9-19/h11-14H,1-10H2,(H,20,23). The van der Waals surface area contributed by atoms with E-state index in [9.17, 15) is 19.2 Å². The topological polar surface area (TPSA) is 86.8 Å². The van der Waals surface area contributed by atoms with E-state index in [1.165, 1.54) is 24.2 Å². The number of piperidine rings is 1. The normalized spacial score (nSPS) is 42.0. The zero-order valence-corrected chi connectivity index (χ0v) is 14.9. The van der Waals surface area contributed by atoms with E-state index in [1.807, 2.05) is 0 Å². The smallest absolute Gasteiger partial charge is 0.334 e. The van der Waals surface area contributed by atoms with Gasteiger partial charge in [-0.25, -0.2) is 9.69 Å². The first-order valence-corrected chi connectivity index (χ1v) is 9.92. The highest BCUT2D eigenvalue weighted by Crippen LogP contribution is 2.58. The van der Waals surface area contributed by atoms with Crippen LogP contribution < -0.4 is 5.32 Å². The van der Waals surface area contributed by atoms with E-state index in [2.05, 4.69) is 5.32 Å². The average molecular weight is 359 g/mol. The Morgan fingerprint density at radius 3 is 2.12 bits per heavy atom. The lowest BCUT2D eigenvalue weighted by Gasteiger charge is -2.58. The van der Waals surface area contributed by atoms with Crippen LogP contribution in [0, 0.1) is 23.7 Å². The fourth-order valence-corrected chi connectivity index (χ4v) is 6.69. The molecule has 5 amide bonds. The summed E-state index contributed by atoms with van der Waals surface area (Å²) in [6.07, 6.45) is 7.27. The molecule has 7 heteroatoms. The zero-order valence-electron chi connectivity index (χ0n) is 14.9. The summed E-state index contributed by atoms with van der Waals surface area (Å²) in [6.45, 7) is 0.742. The van der Waals surface area contributed by atoms with E-state index in [0.717, 1.165) is 30.6 Å². The van der Waals surface area contributed by atoms with Gasteiger partial charge in [-0.2, -0.15) is 0 Å². The summed E-state index contributed by atoms with van der Waals surface area (Å²) in [5.41, 5.74) is -0.433. The fourth-order valence-electron chi connectivity index (χ4n) is 6.69. The fraction of sp³-hybridized carbons (Fsp3) is 0.789. The quantitative estimate of drug-likeness (QED) is 0.607. The number of imide groups is 2. The molecule has 4 aliphatic carbocycles. The summed E-state index contributed by atoms with van der Waals surface area (Å²) < 4.78 is 0. The molecule has 0 radical (unpaired) electrons. The molecule has 7 nitrogen and oxygen atoms in total. The molecule has 1 atom stereocenters. The number of nitrogens with one attached hydrogen (secondary N) is 1. The molecule has 4 bridgehead atoms. The van der Waals surface area contributed by atoms with Crippen molar-refractivity contribution in [2.45, 2.75) is 56.9 Å². The average Bonchev–Trinajstić information content (AvgIpc) is 2.78. The highest BCUT2D eigenvalue weighted by atomic mass is 16.2. The van der Waals surface area contributed by atoms with Crippen molar-refractivity contribution in [1.82, 2.24) is 15.1 Å². The van der Waals surface area contributed by atoms with E-state index in [0.29, 0.717) is 30.7 Å². The van der Waals surface area contributed by atoms with Gasteiger partial charge in [-0.3, -0.25) is 19.3 Å². The van der Waals surface area contributed by atoms with Gasteiger partial charge in [-0.15, -0.1) is 0 Å². The molecule has 6 aliphatic rings. The number of nitrogens with zero attached hydrogens (tertiary/aromatic N) is 2. The van der Waals surface area contributed by atoms with Crippen molar-refractivity contribution in [2.24, 2.45) is 23.7 Å². The predicted octanol–water partition coefficient (Wildman–Crippen LogP) is 1.27. The Morgan fingerprint density at radius 2 is 1.54 bits per heavy atom. The molecular weight excluding hydrogens is 334 g/mol. The van der Waals surface area contributed by atoms with Gasteiger partial charge in [0.2, 0.25) is 5.91 Å². The minimum atomic E-state index is -0.697. The van der Waals surface area contributed by atoms with Crippen LogP contribution in [0.25, 0.3) is 0 Å². The van der Waals surface area contributed by atoms with Crippen LogP contribution in [0.3, 0.4) is 0 Å². The SMILES string of the molecule is O=C1CC(CN2C(=O)C(=O)N(C34CC5CC(CC(C5)C3)C4)C2=O)CCN1. The molecule has 6 fully saturated rings. The molecule has 140 valence electrons. The number of hydrogen-bond donors (Lipinski definition) is 1. The highest BCUT2D eigenvalue weighted by molar-refractivity contribution is 6.44. The van der Waals surface area contributed by atoms with Crippen molar-refractivity contribution in [3.05, 3.63) is 0 Å². The van der Waals surface area contributed by atoms with Crippen molar-refractivity contribution >= 4 is 23.8 Å². The van der Waals surface area contributed by atoms with Gasteiger partial charge in [-0.05, 0) is 68.6 Å². The van der Waals surface area contributed by atoms with Gasteiger partial charge in [0.25, 0.3) is 0 Å². The minimum Gasteiger partial charge on any atom is -0.356 e. The van der Waals surface area contributed by atoms with Gasteiger partial charge < -0.3 is 5.32 Å². The lowest BCUT2D eigenvalue weighted by Crippen LogP contribution is -2.62. The molecule has 6 rings (SSSR count). The third-order valence-electron chi connectivity index (χ3n) is 7.32. The summed E-state index contributed by atoms with van der Waals surface area (Å²) in [4.78, 5) is 52.5. The maximum Gasteiger partial charge on any atom is 0.334 e. The van der Waals surface area contributed by atoms with Crippen LogP contribution in [0.5, 0.6) is 0 Å². The van der Waals surface area contributed by atoms with Crippen molar-refractivity contribution in [3.8, 4) is 0 Å². The summed E-state index contributed by atoms with van der Waals surface area (Å²) in [7, 11) is 0. The van der Waals surface area contributed by atoms with Crippen LogP contribution in [0.4, 0.5) is 4.79 Å². The Labute approximate surface area is 152 Å². The molecular formula is C19H25N3O4. The number of amides is 5. The van der Waals surface area contributed by atoms with Crippen LogP contribution in [0.15, 0.2) is 0 Å². The first kappa shape index (κ1) is 16.3. The molecule has 2 aliphatic heterocycles. The molecule has 26 heavy (non-hydrogen) atoms. The molecule has 0 aromatic carbocycles. The van der Waals surface area contributed by atoms with Crippen LogP contribution >= 0.6 is 0 Å². The second-order valence-electron chi connectivity index (χ2n) is 9.19. The van der Waals surface area contributed by atoms with Gasteiger partial charge in [-0.1, -0.05) is 0 Å². The van der Waals surface area contributed by atoms with Crippen molar-refractivity contribution in [1.29, 1.82) is 0 Å². The Hall–Kier alpha value is -1.92. The number of carbonyl (C=O) groups is 4. The lowest BCUT2D eigenvalue weighted by atomic mass is 9.52. The van der Waals surface area contributed by atoms with Gasteiger partial charge in [0, 0.05) is 19.5 Å². The molecule has 1 unspecified atom stereocenters. The first-order chi connectivity index (χ1) is 12.4. The van der Waals surface area contributed by atoms with E-state index in [-0.39, 0.29) is 18.4 Å². The summed E-state index contributed by atoms with van der Waals surface area (Å²) in [6, 6.07) is -0.437. The zero-order chi connectivity index (χ0) is 18.1. The molecule has 4 saturated carbocycles. The van der Waals surface area contributed by atoms with Crippen molar-refractivity contribution in [3.63, 3.8) is 0 Å². The Balaban J connectivity index is 1.39. The van der Waals surface area contributed by atoms with Crippen molar-refractivity contribution in [2.75, 3.05) is 13.1 Å². The second-order valence-corrected chi connectivity index (χ2v) is 9.19. The van der Waals surface area contributed by atoms with E-state index in [1.54, 1.807) is 0 Å². The monoisotopic (exact) mass is 359 g/mol. The van der Waals surface area contributed by atoms with Crippen LogP contribution in [0.1, 0.15) is 51.4 Å². The van der Waals surface area contributed by atoms with Gasteiger partial charge in [0.15, 0.2) is 0 Å². The molecule has 2 heterocycles. The molecule has 0 spiro atoms. The van der Waals surface area contributed by atoms with Crippen LogP contribution in [-0.4, -0.2) is 52.2 Å². The summed E-state index contributed by atoms with van der Waals surface area (Å²) in [5.74, 6) is 0.327. The first-order valence-electron chi connectivity index (χ1n) is 9.92. The Bertz CT molecular complexity index is 668. The van der Waals surface area contributed by atoms with Gasteiger partial charge >= 0.3 is 17.8 Å². The summed E-state index contributed by atoms with van der Waals surface area (Å²) >= 11 is 0. The molecule has 0 aromatic heterocycles. The summed E-state index contributed by atoms with van der Waals surface area (Å²) in [5, 5.41) is 2.76. The molecule has 1 N–H and O–H groups in total. The molecule has 0 aromatic rings. The minimum absolute atomic E-state index is 0.0513.